The maximum absolute atomic E-state index is 13.3. The molecule has 2 rings (SSSR count). The molecule has 0 unspecified atom stereocenters. The van der Waals surface area contributed by atoms with Gasteiger partial charge in [-0.25, -0.2) is 9.37 Å². The van der Waals surface area contributed by atoms with E-state index in [4.69, 9.17) is 23.2 Å². The lowest BCUT2D eigenvalue weighted by molar-refractivity contribution is 0.101. The molecule has 0 saturated carbocycles. The van der Waals surface area contributed by atoms with Gasteiger partial charge >= 0.3 is 0 Å². The molecule has 0 saturated heterocycles. The van der Waals surface area contributed by atoms with Gasteiger partial charge in [0, 0.05) is 10.9 Å². The SMILES string of the molecule is O=C(CCl)c1csc(-c2ccc(Cl)c(F)c2)n1. The third-order valence-corrected chi connectivity index (χ3v) is 3.52. The fraction of sp³-hybridized carbons (Fsp3) is 0.0909. The van der Waals surface area contributed by atoms with Gasteiger partial charge in [-0.2, -0.15) is 0 Å². The number of Topliss-reactive ketones (excluding diaryl/α,β-unsaturated/α-hetero) is 1. The van der Waals surface area contributed by atoms with E-state index in [2.05, 4.69) is 4.98 Å². The lowest BCUT2D eigenvalue weighted by Crippen LogP contribution is -2.00. The van der Waals surface area contributed by atoms with Crippen molar-refractivity contribution in [2.75, 3.05) is 5.88 Å². The number of hydrogen-bond donors (Lipinski definition) is 0. The number of carbonyl (C=O) groups is 1. The molecule has 1 aromatic carbocycles. The minimum Gasteiger partial charge on any atom is -0.291 e. The summed E-state index contributed by atoms with van der Waals surface area (Å²) < 4.78 is 13.3. The van der Waals surface area contributed by atoms with Gasteiger partial charge in [-0.1, -0.05) is 17.7 Å². The molecule has 0 radical (unpaired) electrons. The van der Waals surface area contributed by atoms with Gasteiger partial charge in [0.1, 0.15) is 16.5 Å². The summed E-state index contributed by atoms with van der Waals surface area (Å²) in [6, 6.07) is 4.39. The molecule has 0 atom stereocenters. The fourth-order valence-electron chi connectivity index (χ4n) is 1.23. The Hall–Kier alpha value is -0.970. The molecule has 88 valence electrons. The third-order valence-electron chi connectivity index (χ3n) is 2.08. The average Bonchev–Trinajstić information content (AvgIpc) is 2.81. The summed E-state index contributed by atoms with van der Waals surface area (Å²) in [5.41, 5.74) is 0.890. The predicted molar refractivity (Wildman–Crippen MR) is 67.6 cm³/mol. The normalized spacial score (nSPS) is 10.5. The molecule has 0 aliphatic rings. The van der Waals surface area contributed by atoms with Crippen LogP contribution in [0.15, 0.2) is 23.6 Å². The summed E-state index contributed by atoms with van der Waals surface area (Å²) in [7, 11) is 0. The van der Waals surface area contributed by atoms with E-state index in [1.807, 2.05) is 0 Å². The van der Waals surface area contributed by atoms with Crippen LogP contribution in [0, 0.1) is 5.82 Å². The first-order valence-corrected chi connectivity index (χ1v) is 6.41. The molecule has 17 heavy (non-hydrogen) atoms. The van der Waals surface area contributed by atoms with Crippen molar-refractivity contribution < 1.29 is 9.18 Å². The first-order valence-electron chi connectivity index (χ1n) is 4.62. The number of rotatable bonds is 3. The molecule has 0 aliphatic heterocycles. The van der Waals surface area contributed by atoms with Gasteiger partial charge in [0.25, 0.3) is 0 Å². The zero-order valence-electron chi connectivity index (χ0n) is 8.41. The number of halogens is 3. The molecule has 2 aromatic rings. The summed E-state index contributed by atoms with van der Waals surface area (Å²) in [4.78, 5) is 15.4. The summed E-state index contributed by atoms with van der Waals surface area (Å²) in [5, 5.41) is 2.23. The maximum atomic E-state index is 13.3. The van der Waals surface area contributed by atoms with E-state index in [-0.39, 0.29) is 16.7 Å². The molecule has 0 spiro atoms. The van der Waals surface area contributed by atoms with Crippen molar-refractivity contribution in [1.29, 1.82) is 0 Å². The van der Waals surface area contributed by atoms with Crippen LogP contribution in [0.2, 0.25) is 5.02 Å². The molecular weight excluding hydrogens is 284 g/mol. The maximum Gasteiger partial charge on any atom is 0.196 e. The smallest absolute Gasteiger partial charge is 0.196 e. The Bertz CT molecular complexity index is 570. The first-order chi connectivity index (χ1) is 8.11. The number of carbonyl (C=O) groups excluding carboxylic acids is 1. The Labute approximate surface area is 111 Å². The Kier molecular flexibility index (Phi) is 3.76. The summed E-state index contributed by atoms with van der Waals surface area (Å²) in [5.74, 6) is -0.869. The molecule has 6 heteroatoms. The zero-order valence-corrected chi connectivity index (χ0v) is 10.7. The lowest BCUT2D eigenvalue weighted by atomic mass is 10.2. The quantitative estimate of drug-likeness (QED) is 0.631. The van der Waals surface area contributed by atoms with Crippen molar-refractivity contribution in [1.82, 2.24) is 4.98 Å². The second-order valence-corrected chi connectivity index (χ2v) is 4.76. The van der Waals surface area contributed by atoms with Crippen molar-refractivity contribution in [2.45, 2.75) is 0 Å². The van der Waals surface area contributed by atoms with E-state index < -0.39 is 5.82 Å². The van der Waals surface area contributed by atoms with Gasteiger partial charge in [0.15, 0.2) is 5.78 Å². The summed E-state index contributed by atoms with van der Waals surface area (Å²) in [6.07, 6.45) is 0. The molecule has 0 N–H and O–H groups in total. The number of aromatic nitrogens is 1. The highest BCUT2D eigenvalue weighted by atomic mass is 35.5. The van der Waals surface area contributed by atoms with Crippen molar-refractivity contribution in [2.24, 2.45) is 0 Å². The number of ketones is 1. The van der Waals surface area contributed by atoms with Gasteiger partial charge in [-0.05, 0) is 12.1 Å². The minimum atomic E-state index is -0.510. The Morgan fingerprint density at radius 3 is 2.88 bits per heavy atom. The number of alkyl halides is 1. The number of nitrogens with zero attached hydrogens (tertiary/aromatic N) is 1. The summed E-state index contributed by atoms with van der Waals surface area (Å²) >= 11 is 12.3. The Balaban J connectivity index is 2.37. The topological polar surface area (TPSA) is 30.0 Å². The number of hydrogen-bond acceptors (Lipinski definition) is 3. The van der Waals surface area contributed by atoms with Gasteiger partial charge in [-0.15, -0.1) is 22.9 Å². The van der Waals surface area contributed by atoms with E-state index in [1.54, 1.807) is 11.4 Å². The average molecular weight is 290 g/mol. The van der Waals surface area contributed by atoms with E-state index in [1.165, 1.54) is 23.5 Å². The summed E-state index contributed by atoms with van der Waals surface area (Å²) in [6.45, 7) is 0. The van der Waals surface area contributed by atoms with Crippen molar-refractivity contribution in [3.8, 4) is 10.6 Å². The van der Waals surface area contributed by atoms with Crippen LogP contribution in [0.5, 0.6) is 0 Å². The monoisotopic (exact) mass is 289 g/mol. The highest BCUT2D eigenvalue weighted by Gasteiger charge is 2.11. The van der Waals surface area contributed by atoms with Gasteiger partial charge in [-0.3, -0.25) is 4.79 Å². The van der Waals surface area contributed by atoms with Crippen molar-refractivity contribution >= 4 is 40.3 Å². The molecule has 0 aliphatic carbocycles. The zero-order chi connectivity index (χ0) is 12.4. The fourth-order valence-corrected chi connectivity index (χ4v) is 2.31. The minimum absolute atomic E-state index is 0.0577. The van der Waals surface area contributed by atoms with E-state index in [9.17, 15) is 9.18 Å². The van der Waals surface area contributed by atoms with E-state index in [0.29, 0.717) is 16.3 Å². The van der Waals surface area contributed by atoms with Gasteiger partial charge in [0.2, 0.25) is 0 Å². The van der Waals surface area contributed by atoms with Crippen LogP contribution in [0.1, 0.15) is 10.5 Å². The third kappa shape index (κ3) is 2.65. The lowest BCUT2D eigenvalue weighted by Gasteiger charge is -1.98. The van der Waals surface area contributed by atoms with Crippen LogP contribution in [-0.2, 0) is 0 Å². The van der Waals surface area contributed by atoms with Crippen LogP contribution in [0.3, 0.4) is 0 Å². The molecule has 0 amide bonds. The number of thiazole rings is 1. The van der Waals surface area contributed by atoms with E-state index in [0.717, 1.165) is 0 Å². The second kappa shape index (κ2) is 5.12. The van der Waals surface area contributed by atoms with Crippen molar-refractivity contribution in [3.05, 3.63) is 40.1 Å². The van der Waals surface area contributed by atoms with Crippen molar-refractivity contribution in [3.63, 3.8) is 0 Å². The predicted octanol–water partition coefficient (Wildman–Crippen LogP) is 4.02. The van der Waals surface area contributed by atoms with Crippen LogP contribution in [0.4, 0.5) is 4.39 Å². The van der Waals surface area contributed by atoms with Crippen LogP contribution >= 0.6 is 34.5 Å². The van der Waals surface area contributed by atoms with Gasteiger partial charge in [0.05, 0.1) is 10.9 Å². The molecule has 0 fully saturated rings. The van der Waals surface area contributed by atoms with Crippen LogP contribution in [-0.4, -0.2) is 16.6 Å². The molecular formula is C11H6Cl2FNOS. The van der Waals surface area contributed by atoms with E-state index >= 15 is 0 Å². The Morgan fingerprint density at radius 2 is 2.24 bits per heavy atom. The number of benzene rings is 1. The molecule has 1 heterocycles. The molecule has 1 aromatic heterocycles. The standard InChI is InChI=1S/C11H6Cl2FNOS/c12-4-10(16)9-5-17-11(15-9)6-1-2-7(13)8(14)3-6/h1-3,5H,4H2. The first kappa shape index (κ1) is 12.5. The second-order valence-electron chi connectivity index (χ2n) is 3.22. The molecule has 2 nitrogen and oxygen atoms in total. The highest BCUT2D eigenvalue weighted by molar-refractivity contribution is 7.13. The molecule has 0 bridgehead atoms. The van der Waals surface area contributed by atoms with Crippen LogP contribution in [0.25, 0.3) is 10.6 Å². The Morgan fingerprint density at radius 1 is 1.47 bits per heavy atom. The largest absolute Gasteiger partial charge is 0.291 e. The van der Waals surface area contributed by atoms with Gasteiger partial charge < -0.3 is 0 Å². The van der Waals surface area contributed by atoms with Crippen LogP contribution < -0.4 is 0 Å². The highest BCUT2D eigenvalue weighted by Crippen LogP contribution is 2.27.